The third kappa shape index (κ3) is 1.04. The Labute approximate surface area is 74.4 Å². The number of fused-ring (bicyclic) bond motifs is 1. The number of nitrogens with zero attached hydrogens (tertiary/aromatic N) is 3. The maximum Gasteiger partial charge on any atom is 0.255 e. The van der Waals surface area contributed by atoms with E-state index in [9.17, 15) is 4.79 Å². The van der Waals surface area contributed by atoms with Crippen molar-refractivity contribution in [1.29, 1.82) is 0 Å². The predicted molar refractivity (Wildman–Crippen MR) is 47.8 cm³/mol. The molecule has 0 saturated heterocycles. The summed E-state index contributed by atoms with van der Waals surface area (Å²) >= 11 is 0. The zero-order valence-electron chi connectivity index (χ0n) is 7.75. The minimum Gasteiger partial charge on any atom is -0.291 e. The Morgan fingerprint density at radius 2 is 2.00 bits per heavy atom. The third-order valence-electron chi connectivity index (χ3n) is 2.14. The summed E-state index contributed by atoms with van der Waals surface area (Å²) in [6, 6.07) is 0. The standard InChI is InChI=1S/C8H10N4O/c1-4-5(2)12-8(10-7(4)13)9-6(3)11-12/h1-3H3,(H,9,10,11,13). The molecule has 0 amide bonds. The first-order valence-electron chi connectivity index (χ1n) is 4.02. The van der Waals surface area contributed by atoms with Crippen molar-refractivity contribution >= 4 is 5.78 Å². The van der Waals surface area contributed by atoms with Crippen molar-refractivity contribution in [3.05, 3.63) is 27.4 Å². The van der Waals surface area contributed by atoms with Gasteiger partial charge in [0.1, 0.15) is 5.82 Å². The molecule has 0 bridgehead atoms. The minimum atomic E-state index is -0.0996. The van der Waals surface area contributed by atoms with Crippen LogP contribution in [0.5, 0.6) is 0 Å². The number of hydrogen-bond donors (Lipinski definition) is 1. The Bertz CT molecular complexity index is 523. The Hall–Kier alpha value is -1.65. The van der Waals surface area contributed by atoms with Gasteiger partial charge >= 0.3 is 0 Å². The molecule has 0 spiro atoms. The monoisotopic (exact) mass is 178 g/mol. The summed E-state index contributed by atoms with van der Waals surface area (Å²) in [6.07, 6.45) is 0. The molecule has 2 rings (SSSR count). The SMILES string of the molecule is Cc1nc2[nH]c(=O)c(C)c(C)n2n1. The molecular formula is C8H10N4O. The van der Waals surface area contributed by atoms with Crippen LogP contribution in [-0.2, 0) is 0 Å². The van der Waals surface area contributed by atoms with Crippen LogP contribution in [0.15, 0.2) is 4.79 Å². The average Bonchev–Trinajstić information content (AvgIpc) is 2.42. The second-order valence-electron chi connectivity index (χ2n) is 3.06. The van der Waals surface area contributed by atoms with E-state index in [-0.39, 0.29) is 5.56 Å². The lowest BCUT2D eigenvalue weighted by Gasteiger charge is -1.99. The van der Waals surface area contributed by atoms with Crippen LogP contribution in [0.1, 0.15) is 17.1 Å². The number of aromatic nitrogens is 4. The van der Waals surface area contributed by atoms with Gasteiger partial charge in [0.25, 0.3) is 5.56 Å². The first-order chi connectivity index (χ1) is 6.09. The molecule has 1 N–H and O–H groups in total. The van der Waals surface area contributed by atoms with Crippen molar-refractivity contribution in [1.82, 2.24) is 19.6 Å². The summed E-state index contributed by atoms with van der Waals surface area (Å²) in [4.78, 5) is 18.1. The molecule has 0 aliphatic heterocycles. The summed E-state index contributed by atoms with van der Waals surface area (Å²) in [7, 11) is 0. The molecule has 13 heavy (non-hydrogen) atoms. The molecular weight excluding hydrogens is 168 g/mol. The van der Waals surface area contributed by atoms with Gasteiger partial charge in [0.2, 0.25) is 5.78 Å². The number of rotatable bonds is 0. The van der Waals surface area contributed by atoms with Crippen molar-refractivity contribution in [2.24, 2.45) is 0 Å². The van der Waals surface area contributed by atoms with E-state index < -0.39 is 0 Å². The zero-order valence-corrected chi connectivity index (χ0v) is 7.75. The van der Waals surface area contributed by atoms with E-state index in [0.29, 0.717) is 17.2 Å². The fraction of sp³-hybridized carbons (Fsp3) is 0.375. The third-order valence-corrected chi connectivity index (χ3v) is 2.14. The number of nitrogens with one attached hydrogen (secondary N) is 1. The normalized spacial score (nSPS) is 11.0. The van der Waals surface area contributed by atoms with Crippen LogP contribution in [-0.4, -0.2) is 19.6 Å². The molecule has 0 radical (unpaired) electrons. The maximum atomic E-state index is 11.3. The van der Waals surface area contributed by atoms with Crippen LogP contribution >= 0.6 is 0 Å². The fourth-order valence-electron chi connectivity index (χ4n) is 1.25. The number of aromatic amines is 1. The van der Waals surface area contributed by atoms with E-state index in [4.69, 9.17) is 0 Å². The van der Waals surface area contributed by atoms with Gasteiger partial charge in [0, 0.05) is 5.56 Å². The van der Waals surface area contributed by atoms with E-state index >= 15 is 0 Å². The van der Waals surface area contributed by atoms with Gasteiger partial charge in [0.15, 0.2) is 0 Å². The van der Waals surface area contributed by atoms with Crippen molar-refractivity contribution < 1.29 is 0 Å². The summed E-state index contributed by atoms with van der Waals surface area (Å²) in [5.41, 5.74) is 1.41. The minimum absolute atomic E-state index is 0.0996. The first-order valence-corrected chi connectivity index (χ1v) is 4.02. The van der Waals surface area contributed by atoms with Crippen LogP contribution in [0.3, 0.4) is 0 Å². The van der Waals surface area contributed by atoms with Crippen molar-refractivity contribution in [2.75, 3.05) is 0 Å². The smallest absolute Gasteiger partial charge is 0.255 e. The van der Waals surface area contributed by atoms with Crippen molar-refractivity contribution in [2.45, 2.75) is 20.8 Å². The highest BCUT2D eigenvalue weighted by Crippen LogP contribution is 2.02. The maximum absolute atomic E-state index is 11.3. The lowest BCUT2D eigenvalue weighted by Crippen LogP contribution is -2.15. The topological polar surface area (TPSA) is 63.0 Å². The quantitative estimate of drug-likeness (QED) is 0.632. The van der Waals surface area contributed by atoms with Gasteiger partial charge in [-0.3, -0.25) is 9.78 Å². The molecule has 2 aromatic heterocycles. The van der Waals surface area contributed by atoms with Crippen LogP contribution in [0.2, 0.25) is 0 Å². The molecule has 2 aromatic rings. The van der Waals surface area contributed by atoms with Gasteiger partial charge in [-0.15, -0.1) is 0 Å². The van der Waals surface area contributed by atoms with E-state index in [1.165, 1.54) is 0 Å². The van der Waals surface area contributed by atoms with E-state index in [1.807, 2.05) is 6.92 Å². The molecule has 2 heterocycles. The van der Waals surface area contributed by atoms with Crippen LogP contribution in [0, 0.1) is 20.8 Å². The van der Waals surface area contributed by atoms with Gasteiger partial charge in [-0.05, 0) is 20.8 Å². The summed E-state index contributed by atoms with van der Waals surface area (Å²) in [5, 5.41) is 4.15. The highest BCUT2D eigenvalue weighted by Gasteiger charge is 2.07. The molecule has 0 aliphatic carbocycles. The summed E-state index contributed by atoms with van der Waals surface area (Å²) in [5.74, 6) is 1.16. The second-order valence-corrected chi connectivity index (χ2v) is 3.06. The van der Waals surface area contributed by atoms with Crippen LogP contribution < -0.4 is 5.56 Å². The Morgan fingerprint density at radius 3 is 2.69 bits per heavy atom. The van der Waals surface area contributed by atoms with Crippen LogP contribution in [0.25, 0.3) is 5.78 Å². The second kappa shape index (κ2) is 2.42. The highest BCUT2D eigenvalue weighted by atomic mass is 16.1. The Morgan fingerprint density at radius 1 is 1.31 bits per heavy atom. The van der Waals surface area contributed by atoms with Gasteiger partial charge < -0.3 is 0 Å². The average molecular weight is 178 g/mol. The van der Waals surface area contributed by atoms with E-state index in [0.717, 1.165) is 5.69 Å². The Balaban J connectivity index is 3.01. The Kier molecular flexibility index (Phi) is 1.48. The molecule has 5 heteroatoms. The molecule has 0 aromatic carbocycles. The molecule has 0 atom stereocenters. The van der Waals surface area contributed by atoms with E-state index in [1.54, 1.807) is 18.4 Å². The molecule has 0 fully saturated rings. The number of H-pyrrole nitrogens is 1. The first kappa shape index (κ1) is 7.97. The lowest BCUT2D eigenvalue weighted by atomic mass is 10.3. The van der Waals surface area contributed by atoms with Gasteiger partial charge in [-0.2, -0.15) is 10.1 Å². The van der Waals surface area contributed by atoms with Crippen LogP contribution in [0.4, 0.5) is 0 Å². The summed E-state index contributed by atoms with van der Waals surface area (Å²) < 4.78 is 1.64. The lowest BCUT2D eigenvalue weighted by molar-refractivity contribution is 0.856. The number of aryl methyl sites for hydroxylation is 2. The molecule has 5 nitrogen and oxygen atoms in total. The van der Waals surface area contributed by atoms with Gasteiger partial charge in [-0.1, -0.05) is 0 Å². The van der Waals surface area contributed by atoms with Gasteiger partial charge in [-0.25, -0.2) is 4.52 Å². The summed E-state index contributed by atoms with van der Waals surface area (Å²) in [6.45, 7) is 5.41. The van der Waals surface area contributed by atoms with Gasteiger partial charge in [0.05, 0.1) is 5.69 Å². The zero-order chi connectivity index (χ0) is 9.59. The fourth-order valence-corrected chi connectivity index (χ4v) is 1.25. The molecule has 0 saturated carbocycles. The van der Waals surface area contributed by atoms with Crippen molar-refractivity contribution in [3.8, 4) is 0 Å². The largest absolute Gasteiger partial charge is 0.291 e. The highest BCUT2D eigenvalue weighted by molar-refractivity contribution is 5.31. The van der Waals surface area contributed by atoms with Crippen molar-refractivity contribution in [3.63, 3.8) is 0 Å². The van der Waals surface area contributed by atoms with E-state index in [2.05, 4.69) is 15.1 Å². The number of hydrogen-bond acceptors (Lipinski definition) is 3. The predicted octanol–water partition coefficient (Wildman–Crippen LogP) is 0.343. The molecule has 68 valence electrons. The molecule has 0 unspecified atom stereocenters. The molecule has 0 aliphatic rings.